The van der Waals surface area contributed by atoms with Gasteiger partial charge in [0.2, 0.25) is 0 Å². The Hall–Kier alpha value is -1.02. The summed E-state index contributed by atoms with van der Waals surface area (Å²) in [6, 6.07) is 7.75. The van der Waals surface area contributed by atoms with E-state index in [9.17, 15) is 5.11 Å². The standard InChI is InChI=1S/C12H15NO/c14-11-3-1-2-10(4-11)12-5-9(6-12)7-13-8-12/h1-4,9,13-14H,5-8H2. The van der Waals surface area contributed by atoms with Crippen LogP contribution in [0.25, 0.3) is 0 Å². The summed E-state index contributed by atoms with van der Waals surface area (Å²) < 4.78 is 0. The number of hydrogen-bond acceptors (Lipinski definition) is 2. The molecular formula is C12H15NO. The van der Waals surface area contributed by atoms with Crippen molar-refractivity contribution in [3.8, 4) is 5.75 Å². The van der Waals surface area contributed by atoms with Crippen LogP contribution < -0.4 is 5.32 Å². The number of benzene rings is 1. The second kappa shape index (κ2) is 2.74. The molecule has 0 atom stereocenters. The van der Waals surface area contributed by atoms with Crippen LogP contribution in [0.2, 0.25) is 0 Å². The molecule has 0 amide bonds. The number of phenolic OH excluding ortho intramolecular Hbond substituents is 1. The predicted octanol–water partition coefficient (Wildman–Crippen LogP) is 1.64. The fraction of sp³-hybridized carbons (Fsp3) is 0.500. The van der Waals surface area contributed by atoms with Crippen molar-refractivity contribution in [3.63, 3.8) is 0 Å². The third kappa shape index (κ3) is 1.07. The van der Waals surface area contributed by atoms with Crippen molar-refractivity contribution in [2.45, 2.75) is 18.3 Å². The summed E-state index contributed by atoms with van der Waals surface area (Å²) in [6.07, 6.45) is 2.59. The van der Waals surface area contributed by atoms with E-state index in [4.69, 9.17) is 0 Å². The second-order valence-corrected chi connectivity index (χ2v) is 4.74. The van der Waals surface area contributed by atoms with Crippen LogP contribution in [0, 0.1) is 5.92 Å². The highest BCUT2D eigenvalue weighted by atomic mass is 16.3. The molecule has 1 aromatic carbocycles. The molecule has 2 N–H and O–H groups in total. The molecule has 3 aliphatic rings. The molecule has 0 spiro atoms. The Morgan fingerprint density at radius 1 is 1.36 bits per heavy atom. The van der Waals surface area contributed by atoms with Gasteiger partial charge in [0.25, 0.3) is 0 Å². The van der Waals surface area contributed by atoms with Crippen molar-refractivity contribution in [2.75, 3.05) is 13.1 Å². The zero-order valence-electron chi connectivity index (χ0n) is 8.16. The molecule has 74 valence electrons. The average Bonchev–Trinajstić information content (AvgIpc) is 2.17. The van der Waals surface area contributed by atoms with Gasteiger partial charge in [0.15, 0.2) is 0 Å². The summed E-state index contributed by atoms with van der Waals surface area (Å²) in [5, 5.41) is 12.9. The number of piperidine rings is 2. The average molecular weight is 189 g/mol. The number of hydrogen-bond donors (Lipinski definition) is 2. The monoisotopic (exact) mass is 189 g/mol. The van der Waals surface area contributed by atoms with Crippen LogP contribution in [0.4, 0.5) is 0 Å². The molecule has 4 rings (SSSR count). The molecule has 1 saturated carbocycles. The fourth-order valence-corrected chi connectivity index (χ4v) is 3.02. The molecule has 2 aliphatic heterocycles. The zero-order valence-corrected chi connectivity index (χ0v) is 8.16. The fourth-order valence-electron chi connectivity index (χ4n) is 3.02. The van der Waals surface area contributed by atoms with E-state index in [1.807, 2.05) is 12.1 Å². The quantitative estimate of drug-likeness (QED) is 0.704. The van der Waals surface area contributed by atoms with E-state index < -0.39 is 0 Å². The Bertz CT molecular complexity index is 350. The van der Waals surface area contributed by atoms with Crippen molar-refractivity contribution in [1.82, 2.24) is 5.32 Å². The van der Waals surface area contributed by atoms with Gasteiger partial charge in [-0.25, -0.2) is 0 Å². The number of aromatic hydroxyl groups is 1. The van der Waals surface area contributed by atoms with Gasteiger partial charge in [-0.05, 0) is 43.0 Å². The summed E-state index contributed by atoms with van der Waals surface area (Å²) in [4.78, 5) is 0. The molecule has 2 bridgehead atoms. The highest BCUT2D eigenvalue weighted by Crippen LogP contribution is 2.49. The van der Waals surface area contributed by atoms with Crippen LogP contribution in [0.15, 0.2) is 24.3 Å². The van der Waals surface area contributed by atoms with Gasteiger partial charge >= 0.3 is 0 Å². The summed E-state index contributed by atoms with van der Waals surface area (Å²) in [7, 11) is 0. The van der Waals surface area contributed by atoms with Gasteiger partial charge < -0.3 is 10.4 Å². The van der Waals surface area contributed by atoms with Crippen LogP contribution in [0.3, 0.4) is 0 Å². The van der Waals surface area contributed by atoms with Crippen molar-refractivity contribution < 1.29 is 5.11 Å². The lowest BCUT2D eigenvalue weighted by molar-refractivity contribution is 0.0899. The molecule has 0 radical (unpaired) electrons. The van der Waals surface area contributed by atoms with Crippen LogP contribution >= 0.6 is 0 Å². The molecule has 0 aromatic heterocycles. The highest BCUT2D eigenvalue weighted by molar-refractivity contribution is 5.36. The van der Waals surface area contributed by atoms with Gasteiger partial charge in [-0.3, -0.25) is 0 Å². The number of nitrogens with one attached hydrogen (secondary N) is 1. The molecule has 0 unspecified atom stereocenters. The van der Waals surface area contributed by atoms with E-state index in [-0.39, 0.29) is 0 Å². The van der Waals surface area contributed by atoms with E-state index in [0.29, 0.717) is 11.2 Å². The molecule has 2 heterocycles. The Morgan fingerprint density at radius 2 is 2.21 bits per heavy atom. The van der Waals surface area contributed by atoms with Crippen molar-refractivity contribution >= 4 is 0 Å². The van der Waals surface area contributed by atoms with Crippen molar-refractivity contribution in [1.29, 1.82) is 0 Å². The lowest BCUT2D eigenvalue weighted by Crippen LogP contribution is -2.57. The Kier molecular flexibility index (Phi) is 1.62. The van der Waals surface area contributed by atoms with Gasteiger partial charge in [-0.1, -0.05) is 12.1 Å². The van der Waals surface area contributed by atoms with E-state index in [0.717, 1.165) is 12.5 Å². The van der Waals surface area contributed by atoms with Crippen LogP contribution in [0.5, 0.6) is 5.75 Å². The summed E-state index contributed by atoms with van der Waals surface area (Å²) in [5.74, 6) is 1.26. The largest absolute Gasteiger partial charge is 0.508 e. The molecular weight excluding hydrogens is 174 g/mol. The van der Waals surface area contributed by atoms with Gasteiger partial charge in [-0.15, -0.1) is 0 Å². The maximum absolute atomic E-state index is 9.46. The third-order valence-corrected chi connectivity index (χ3v) is 3.71. The van der Waals surface area contributed by atoms with Crippen LogP contribution in [-0.2, 0) is 5.41 Å². The molecule has 1 aromatic rings. The number of rotatable bonds is 1. The normalized spacial score (nSPS) is 35.0. The molecule has 14 heavy (non-hydrogen) atoms. The smallest absolute Gasteiger partial charge is 0.115 e. The van der Waals surface area contributed by atoms with Gasteiger partial charge in [0.05, 0.1) is 0 Å². The molecule has 3 fully saturated rings. The summed E-state index contributed by atoms with van der Waals surface area (Å²) in [6.45, 7) is 2.26. The summed E-state index contributed by atoms with van der Waals surface area (Å²) in [5.41, 5.74) is 1.64. The van der Waals surface area contributed by atoms with Gasteiger partial charge in [-0.2, -0.15) is 0 Å². The first-order valence-corrected chi connectivity index (χ1v) is 5.29. The first kappa shape index (κ1) is 8.30. The van der Waals surface area contributed by atoms with Crippen molar-refractivity contribution in [2.24, 2.45) is 5.92 Å². The van der Waals surface area contributed by atoms with E-state index >= 15 is 0 Å². The minimum Gasteiger partial charge on any atom is -0.508 e. The first-order chi connectivity index (χ1) is 6.78. The predicted molar refractivity (Wildman–Crippen MR) is 55.4 cm³/mol. The highest BCUT2D eigenvalue weighted by Gasteiger charge is 2.48. The maximum Gasteiger partial charge on any atom is 0.115 e. The van der Waals surface area contributed by atoms with E-state index in [1.165, 1.54) is 24.9 Å². The SMILES string of the molecule is Oc1cccc(C23CNCC(C2)C3)c1. The zero-order chi connectivity index (χ0) is 9.60. The lowest BCUT2D eigenvalue weighted by atomic mass is 9.56. The minimum absolute atomic E-state index is 0.335. The maximum atomic E-state index is 9.46. The second-order valence-electron chi connectivity index (χ2n) is 4.74. The Labute approximate surface area is 84.0 Å². The van der Waals surface area contributed by atoms with Gasteiger partial charge in [0.1, 0.15) is 5.75 Å². The van der Waals surface area contributed by atoms with Gasteiger partial charge in [0, 0.05) is 12.0 Å². The first-order valence-electron chi connectivity index (χ1n) is 5.29. The molecule has 2 heteroatoms. The van der Waals surface area contributed by atoms with E-state index in [2.05, 4.69) is 11.4 Å². The van der Waals surface area contributed by atoms with Crippen LogP contribution in [-0.4, -0.2) is 18.2 Å². The molecule has 2 nitrogen and oxygen atoms in total. The number of fused-ring (bicyclic) bond motifs is 2. The molecule has 1 aliphatic carbocycles. The summed E-state index contributed by atoms with van der Waals surface area (Å²) >= 11 is 0. The topological polar surface area (TPSA) is 32.3 Å². The minimum atomic E-state index is 0.335. The Morgan fingerprint density at radius 3 is 2.86 bits per heavy atom. The van der Waals surface area contributed by atoms with Crippen LogP contribution in [0.1, 0.15) is 18.4 Å². The third-order valence-electron chi connectivity index (χ3n) is 3.71. The van der Waals surface area contributed by atoms with E-state index in [1.54, 1.807) is 6.07 Å². The number of phenols is 1. The van der Waals surface area contributed by atoms with Crippen molar-refractivity contribution in [3.05, 3.63) is 29.8 Å². The lowest BCUT2D eigenvalue weighted by Gasteiger charge is -2.53. The molecule has 2 saturated heterocycles. The Balaban J connectivity index is 1.95.